The Morgan fingerprint density at radius 2 is 2.04 bits per heavy atom. The van der Waals surface area contributed by atoms with Crippen molar-refractivity contribution in [2.24, 2.45) is 5.84 Å². The third kappa shape index (κ3) is 3.43. The predicted octanol–water partition coefficient (Wildman–Crippen LogP) is 4.10. The number of hydrogen-bond donors (Lipinski definition) is 2. The van der Waals surface area contributed by atoms with Gasteiger partial charge >= 0.3 is 0 Å². The molecule has 1 saturated carbocycles. The normalized spacial score (nSPS) is 14.0. The molecule has 0 atom stereocenters. The minimum atomic E-state index is -2.61. The minimum absolute atomic E-state index is 0.0120. The maximum absolute atomic E-state index is 13.3. The van der Waals surface area contributed by atoms with Crippen molar-refractivity contribution in [1.29, 1.82) is 0 Å². The average Bonchev–Trinajstić information content (AvgIpc) is 3.37. The molecule has 0 saturated heterocycles. The van der Waals surface area contributed by atoms with Crippen molar-refractivity contribution < 1.29 is 18.6 Å². The van der Waals surface area contributed by atoms with Crippen molar-refractivity contribution in [2.75, 3.05) is 12.1 Å². The molecular formula is C18H20F2N2O2. The maximum Gasteiger partial charge on any atom is 0.264 e. The lowest BCUT2D eigenvalue weighted by Crippen LogP contribution is -2.27. The van der Waals surface area contributed by atoms with Gasteiger partial charge in [-0.15, -0.1) is 0 Å². The van der Waals surface area contributed by atoms with Gasteiger partial charge in [0.1, 0.15) is 18.1 Å². The zero-order chi connectivity index (χ0) is 17.3. The summed E-state index contributed by atoms with van der Waals surface area (Å²) >= 11 is 0. The predicted molar refractivity (Wildman–Crippen MR) is 88.4 cm³/mol. The van der Waals surface area contributed by atoms with Crippen LogP contribution in [0.1, 0.15) is 41.9 Å². The molecule has 0 amide bonds. The maximum atomic E-state index is 13.3. The Balaban J connectivity index is 1.89. The number of phenols is 1. The number of nitrogens with two attached hydrogens (primary N) is 1. The molecule has 2 aromatic carbocycles. The van der Waals surface area contributed by atoms with E-state index in [2.05, 4.69) is 0 Å². The van der Waals surface area contributed by atoms with Gasteiger partial charge in [-0.1, -0.05) is 12.1 Å². The van der Waals surface area contributed by atoms with Gasteiger partial charge in [0, 0.05) is 23.7 Å². The number of alkyl halides is 2. The molecule has 0 aliphatic heterocycles. The van der Waals surface area contributed by atoms with Crippen molar-refractivity contribution in [3.8, 4) is 11.5 Å². The highest BCUT2D eigenvalue weighted by atomic mass is 19.3. The zero-order valence-electron chi connectivity index (χ0n) is 13.4. The van der Waals surface area contributed by atoms with Gasteiger partial charge in [0.25, 0.3) is 6.43 Å². The van der Waals surface area contributed by atoms with Crippen LogP contribution in [0.2, 0.25) is 0 Å². The van der Waals surface area contributed by atoms with Crippen molar-refractivity contribution in [2.45, 2.75) is 31.8 Å². The molecule has 2 aromatic rings. The van der Waals surface area contributed by atoms with Gasteiger partial charge in [-0.25, -0.2) is 14.6 Å². The van der Waals surface area contributed by atoms with E-state index in [0.717, 1.165) is 18.4 Å². The quantitative estimate of drug-likeness (QED) is 0.617. The van der Waals surface area contributed by atoms with E-state index in [1.54, 1.807) is 31.3 Å². The minimum Gasteiger partial charge on any atom is -0.508 e. The van der Waals surface area contributed by atoms with Crippen LogP contribution in [0.4, 0.5) is 14.5 Å². The van der Waals surface area contributed by atoms with Crippen LogP contribution in [0.3, 0.4) is 0 Å². The Bertz CT molecular complexity index is 705. The second-order valence-electron chi connectivity index (χ2n) is 6.04. The first-order valence-corrected chi connectivity index (χ1v) is 7.81. The third-order valence-electron chi connectivity index (χ3n) is 4.19. The summed E-state index contributed by atoms with van der Waals surface area (Å²) in [6.45, 7) is -0.0120. The summed E-state index contributed by atoms with van der Waals surface area (Å²) in [6.07, 6.45) is -0.514. The molecule has 1 fully saturated rings. The van der Waals surface area contributed by atoms with Crippen LogP contribution in [0, 0.1) is 0 Å². The molecular weight excluding hydrogens is 314 g/mol. The Hall–Kier alpha value is -2.34. The number of benzene rings is 2. The van der Waals surface area contributed by atoms with Gasteiger partial charge in [-0.3, -0.25) is 0 Å². The van der Waals surface area contributed by atoms with Gasteiger partial charge in [-0.05, 0) is 43.0 Å². The number of ether oxygens (including phenoxy) is 1. The number of nitrogens with zero attached hydrogens (tertiary/aromatic N) is 1. The summed E-state index contributed by atoms with van der Waals surface area (Å²) in [5, 5.41) is 11.0. The number of rotatable bonds is 6. The lowest BCUT2D eigenvalue weighted by Gasteiger charge is -2.21. The number of anilines is 1. The van der Waals surface area contributed by atoms with Crippen LogP contribution in [-0.4, -0.2) is 12.2 Å². The van der Waals surface area contributed by atoms with Gasteiger partial charge < -0.3 is 14.9 Å². The van der Waals surface area contributed by atoms with Gasteiger partial charge in [0.15, 0.2) is 0 Å². The molecule has 0 aromatic heterocycles. The van der Waals surface area contributed by atoms with E-state index in [0.29, 0.717) is 22.9 Å². The third-order valence-corrected chi connectivity index (χ3v) is 4.19. The fourth-order valence-corrected chi connectivity index (χ4v) is 2.81. The van der Waals surface area contributed by atoms with E-state index in [1.807, 2.05) is 0 Å². The molecule has 3 N–H and O–H groups in total. The molecule has 4 nitrogen and oxygen atoms in total. The molecule has 0 unspecified atom stereocenters. The zero-order valence-corrected chi connectivity index (χ0v) is 13.4. The van der Waals surface area contributed by atoms with Crippen LogP contribution in [0.15, 0.2) is 36.4 Å². The summed E-state index contributed by atoms with van der Waals surface area (Å²) in [5.41, 5.74) is 1.70. The van der Waals surface area contributed by atoms with Crippen molar-refractivity contribution in [3.63, 3.8) is 0 Å². The highest BCUT2D eigenvalue weighted by Crippen LogP contribution is 2.45. The highest BCUT2D eigenvalue weighted by molar-refractivity contribution is 5.56. The fourth-order valence-electron chi connectivity index (χ4n) is 2.81. The Kier molecular flexibility index (Phi) is 4.57. The second-order valence-corrected chi connectivity index (χ2v) is 6.04. The van der Waals surface area contributed by atoms with E-state index in [4.69, 9.17) is 10.6 Å². The molecule has 24 heavy (non-hydrogen) atoms. The summed E-state index contributed by atoms with van der Waals surface area (Å²) in [4.78, 5) is 0. The van der Waals surface area contributed by atoms with Crippen LogP contribution in [-0.2, 0) is 6.61 Å². The van der Waals surface area contributed by atoms with E-state index in [9.17, 15) is 13.9 Å². The molecule has 0 spiro atoms. The SMILES string of the molecule is CN(N)c1cccc(C(F)F)c1COc1ccc(O)cc1C1CC1. The van der Waals surface area contributed by atoms with Crippen LogP contribution in [0.25, 0.3) is 0 Å². The van der Waals surface area contributed by atoms with Gasteiger partial charge in [0.05, 0.1) is 5.69 Å². The first kappa shape index (κ1) is 16.5. The second kappa shape index (κ2) is 6.65. The number of aromatic hydroxyl groups is 1. The van der Waals surface area contributed by atoms with Crippen molar-refractivity contribution >= 4 is 5.69 Å². The van der Waals surface area contributed by atoms with E-state index in [1.165, 1.54) is 17.1 Å². The van der Waals surface area contributed by atoms with E-state index >= 15 is 0 Å². The van der Waals surface area contributed by atoms with Crippen LogP contribution in [0.5, 0.6) is 11.5 Å². The smallest absolute Gasteiger partial charge is 0.264 e. The fraction of sp³-hybridized carbons (Fsp3) is 0.333. The molecule has 6 heteroatoms. The lowest BCUT2D eigenvalue weighted by molar-refractivity contribution is 0.148. The lowest BCUT2D eigenvalue weighted by atomic mass is 10.1. The van der Waals surface area contributed by atoms with E-state index in [-0.39, 0.29) is 17.9 Å². The van der Waals surface area contributed by atoms with Gasteiger partial charge in [-0.2, -0.15) is 0 Å². The summed E-state index contributed by atoms with van der Waals surface area (Å²) in [6, 6.07) is 9.52. The first-order valence-electron chi connectivity index (χ1n) is 7.81. The van der Waals surface area contributed by atoms with Crippen molar-refractivity contribution in [3.05, 3.63) is 53.1 Å². The molecule has 0 bridgehead atoms. The molecule has 3 rings (SSSR count). The Morgan fingerprint density at radius 3 is 2.67 bits per heavy atom. The molecule has 128 valence electrons. The van der Waals surface area contributed by atoms with Gasteiger partial charge in [0.2, 0.25) is 0 Å². The first-order chi connectivity index (χ1) is 11.5. The average molecular weight is 334 g/mol. The number of hydrogen-bond acceptors (Lipinski definition) is 4. The highest BCUT2D eigenvalue weighted by Gasteiger charge is 2.27. The molecule has 1 aliphatic carbocycles. The largest absolute Gasteiger partial charge is 0.508 e. The summed E-state index contributed by atoms with van der Waals surface area (Å²) in [5.74, 6) is 6.93. The monoisotopic (exact) mass is 334 g/mol. The number of phenolic OH excluding ortho intramolecular Hbond substituents is 1. The summed E-state index contributed by atoms with van der Waals surface area (Å²) in [7, 11) is 1.60. The van der Waals surface area contributed by atoms with Crippen LogP contribution < -0.4 is 15.6 Å². The number of halogens is 2. The standard InChI is InChI=1S/C18H20F2N2O2/c1-22(21)16-4-2-3-13(18(19)20)15(16)10-24-17-8-7-12(23)9-14(17)11-5-6-11/h2-4,7-9,11,18,23H,5-6,10,21H2,1H3. The molecule has 1 aliphatic rings. The molecule has 0 radical (unpaired) electrons. The van der Waals surface area contributed by atoms with E-state index < -0.39 is 6.43 Å². The molecule has 0 heterocycles. The topological polar surface area (TPSA) is 58.7 Å². The van der Waals surface area contributed by atoms with Crippen molar-refractivity contribution in [1.82, 2.24) is 0 Å². The Labute approximate surface area is 139 Å². The Morgan fingerprint density at radius 1 is 1.29 bits per heavy atom. The van der Waals surface area contributed by atoms with Crippen LogP contribution >= 0.6 is 0 Å². The summed E-state index contributed by atoms with van der Waals surface area (Å²) < 4.78 is 32.5. The number of hydrazine groups is 1.